The first-order valence-corrected chi connectivity index (χ1v) is 11.9. The van der Waals surface area contributed by atoms with Crippen molar-refractivity contribution in [3.05, 3.63) is 76.1 Å². The molecule has 0 radical (unpaired) electrons. The van der Waals surface area contributed by atoms with E-state index in [4.69, 9.17) is 4.74 Å². The zero-order chi connectivity index (χ0) is 24.3. The third-order valence-corrected chi connectivity index (χ3v) is 6.67. The van der Waals surface area contributed by atoms with E-state index >= 15 is 0 Å². The van der Waals surface area contributed by atoms with Gasteiger partial charge < -0.3 is 15.0 Å². The van der Waals surface area contributed by atoms with E-state index in [1.807, 2.05) is 13.0 Å². The molecule has 1 heterocycles. The molecule has 0 aliphatic carbocycles. The molecule has 0 saturated heterocycles. The second-order valence-electron chi connectivity index (χ2n) is 7.75. The average molecular weight is 470 g/mol. The van der Waals surface area contributed by atoms with Crippen molar-refractivity contribution in [3.8, 4) is 0 Å². The predicted octanol–water partition coefficient (Wildman–Crippen LogP) is 4.48. The van der Waals surface area contributed by atoms with Crippen LogP contribution in [0.25, 0.3) is 0 Å². The monoisotopic (exact) mass is 469 g/mol. The van der Waals surface area contributed by atoms with E-state index < -0.39 is 21.9 Å². The number of esters is 1. The molecule has 0 bridgehead atoms. The Balaban J connectivity index is 1.88. The lowest BCUT2D eigenvalue weighted by Crippen LogP contribution is -2.17. The quantitative estimate of drug-likeness (QED) is 0.441. The number of sulfonamides is 1. The molecule has 174 valence electrons. The molecule has 0 fully saturated rings. The van der Waals surface area contributed by atoms with Gasteiger partial charge in [0.25, 0.3) is 15.9 Å². The van der Waals surface area contributed by atoms with Gasteiger partial charge in [0, 0.05) is 17.1 Å². The van der Waals surface area contributed by atoms with Crippen LogP contribution in [0.5, 0.6) is 0 Å². The highest BCUT2D eigenvalue weighted by Crippen LogP contribution is 2.25. The molecule has 3 rings (SSSR count). The highest BCUT2D eigenvalue weighted by atomic mass is 32.2. The van der Waals surface area contributed by atoms with Crippen LogP contribution >= 0.6 is 0 Å². The summed E-state index contributed by atoms with van der Waals surface area (Å²) < 4.78 is 33.6. The minimum atomic E-state index is -3.88. The van der Waals surface area contributed by atoms with Gasteiger partial charge in [-0.05, 0) is 75.6 Å². The maximum atomic E-state index is 13.0. The van der Waals surface area contributed by atoms with Crippen LogP contribution in [0.3, 0.4) is 0 Å². The highest BCUT2D eigenvalue weighted by molar-refractivity contribution is 7.92. The molecule has 9 heteroatoms. The zero-order valence-electron chi connectivity index (χ0n) is 19.2. The first-order chi connectivity index (χ1) is 15.5. The Labute approximate surface area is 193 Å². The topological polar surface area (TPSA) is 117 Å². The number of carbonyl (C=O) groups is 2. The molecule has 1 aromatic heterocycles. The smallest absolute Gasteiger partial charge is 0.340 e. The van der Waals surface area contributed by atoms with Gasteiger partial charge in [-0.2, -0.15) is 0 Å². The maximum absolute atomic E-state index is 13.0. The Morgan fingerprint density at radius 2 is 1.73 bits per heavy atom. The summed E-state index contributed by atoms with van der Waals surface area (Å²) in [5.41, 5.74) is 3.72. The van der Waals surface area contributed by atoms with Crippen molar-refractivity contribution in [2.24, 2.45) is 0 Å². The van der Waals surface area contributed by atoms with Crippen LogP contribution in [0, 0.1) is 27.7 Å². The van der Waals surface area contributed by atoms with Crippen molar-refractivity contribution in [1.29, 1.82) is 0 Å². The molecule has 0 aliphatic rings. The van der Waals surface area contributed by atoms with E-state index in [0.29, 0.717) is 33.8 Å². The van der Waals surface area contributed by atoms with Crippen LogP contribution in [-0.4, -0.2) is 31.9 Å². The molecule has 0 aliphatic heterocycles. The van der Waals surface area contributed by atoms with Gasteiger partial charge in [-0.15, -0.1) is 0 Å². The fourth-order valence-electron chi connectivity index (χ4n) is 3.57. The molecule has 2 aromatic carbocycles. The molecule has 8 nitrogen and oxygen atoms in total. The van der Waals surface area contributed by atoms with Gasteiger partial charge in [-0.1, -0.05) is 18.2 Å². The van der Waals surface area contributed by atoms with Gasteiger partial charge in [0.15, 0.2) is 0 Å². The van der Waals surface area contributed by atoms with Crippen LogP contribution in [0.4, 0.5) is 11.4 Å². The summed E-state index contributed by atoms with van der Waals surface area (Å²) in [7, 11) is -3.88. The Morgan fingerprint density at radius 3 is 2.39 bits per heavy atom. The van der Waals surface area contributed by atoms with Crippen LogP contribution in [-0.2, 0) is 14.8 Å². The van der Waals surface area contributed by atoms with Gasteiger partial charge in [-0.3, -0.25) is 9.52 Å². The largest absolute Gasteiger partial charge is 0.462 e. The van der Waals surface area contributed by atoms with Gasteiger partial charge in [0.2, 0.25) is 0 Å². The summed E-state index contributed by atoms with van der Waals surface area (Å²) in [6.07, 6.45) is 0. The number of anilines is 2. The fourth-order valence-corrected chi connectivity index (χ4v) is 4.89. The van der Waals surface area contributed by atoms with E-state index in [1.54, 1.807) is 58.0 Å². The first kappa shape index (κ1) is 24.1. The molecular weight excluding hydrogens is 442 g/mol. The van der Waals surface area contributed by atoms with Gasteiger partial charge in [0.05, 0.1) is 17.1 Å². The number of aryl methyl sites for hydroxylation is 3. The van der Waals surface area contributed by atoms with Crippen molar-refractivity contribution in [2.45, 2.75) is 39.5 Å². The number of amides is 1. The third-order valence-electron chi connectivity index (χ3n) is 5.15. The first-order valence-electron chi connectivity index (χ1n) is 10.4. The second-order valence-corrected chi connectivity index (χ2v) is 9.41. The number of rotatable bonds is 7. The molecule has 3 aromatic rings. The molecule has 0 saturated carbocycles. The SMILES string of the molecule is CCOC(=O)c1c(C)[nH]c(C(=O)Nc2ccc(C)c(S(=O)(=O)Nc3cccc(C)c3)c2)c1C. The predicted molar refractivity (Wildman–Crippen MR) is 127 cm³/mol. The molecule has 1 amide bonds. The van der Waals surface area contributed by atoms with Crippen LogP contribution in [0.2, 0.25) is 0 Å². The summed E-state index contributed by atoms with van der Waals surface area (Å²) in [5, 5.41) is 2.71. The number of hydrogen-bond donors (Lipinski definition) is 3. The Kier molecular flexibility index (Phi) is 6.92. The third kappa shape index (κ3) is 5.25. The van der Waals surface area contributed by atoms with Crippen molar-refractivity contribution in [1.82, 2.24) is 4.98 Å². The molecule has 33 heavy (non-hydrogen) atoms. The van der Waals surface area contributed by atoms with Crippen molar-refractivity contribution < 1.29 is 22.7 Å². The van der Waals surface area contributed by atoms with E-state index in [1.165, 1.54) is 6.07 Å². The Morgan fingerprint density at radius 1 is 1.00 bits per heavy atom. The van der Waals surface area contributed by atoms with E-state index in [9.17, 15) is 18.0 Å². The van der Waals surface area contributed by atoms with E-state index in [-0.39, 0.29) is 17.2 Å². The Hall–Kier alpha value is -3.59. The number of aromatic amines is 1. The summed E-state index contributed by atoms with van der Waals surface area (Å²) >= 11 is 0. The van der Waals surface area contributed by atoms with E-state index in [0.717, 1.165) is 5.56 Å². The number of ether oxygens (including phenoxy) is 1. The minimum Gasteiger partial charge on any atom is -0.462 e. The molecular formula is C24H27N3O5S. The van der Waals surface area contributed by atoms with Gasteiger partial charge in [0.1, 0.15) is 5.69 Å². The van der Waals surface area contributed by atoms with Crippen molar-refractivity contribution in [3.63, 3.8) is 0 Å². The standard InChI is InChI=1S/C24H27N3O5S/c1-6-32-24(29)21-16(4)22(25-17(21)5)23(28)26-18-11-10-15(3)20(13-18)33(30,31)27-19-9-7-8-14(2)12-19/h7-13,25,27H,6H2,1-5H3,(H,26,28). The zero-order valence-corrected chi connectivity index (χ0v) is 20.0. The van der Waals surface area contributed by atoms with Gasteiger partial charge >= 0.3 is 5.97 Å². The van der Waals surface area contributed by atoms with E-state index in [2.05, 4.69) is 15.0 Å². The Bertz CT molecular complexity index is 1330. The summed E-state index contributed by atoms with van der Waals surface area (Å²) in [4.78, 5) is 28.1. The van der Waals surface area contributed by atoms with Crippen molar-refractivity contribution in [2.75, 3.05) is 16.6 Å². The van der Waals surface area contributed by atoms with Crippen LogP contribution < -0.4 is 10.0 Å². The summed E-state index contributed by atoms with van der Waals surface area (Å²) in [6, 6.07) is 11.7. The van der Waals surface area contributed by atoms with Crippen molar-refractivity contribution >= 4 is 33.3 Å². The lowest BCUT2D eigenvalue weighted by molar-refractivity contribution is 0.0525. The minimum absolute atomic E-state index is 0.0495. The average Bonchev–Trinajstić information content (AvgIpc) is 3.03. The normalized spacial score (nSPS) is 11.2. The highest BCUT2D eigenvalue weighted by Gasteiger charge is 2.24. The number of nitrogens with one attached hydrogen (secondary N) is 3. The lowest BCUT2D eigenvalue weighted by atomic mass is 10.1. The van der Waals surface area contributed by atoms with Crippen LogP contribution in [0.1, 0.15) is 50.2 Å². The number of benzene rings is 2. The molecule has 3 N–H and O–H groups in total. The summed E-state index contributed by atoms with van der Waals surface area (Å²) in [6.45, 7) is 8.82. The van der Waals surface area contributed by atoms with Crippen LogP contribution in [0.15, 0.2) is 47.4 Å². The number of hydrogen-bond acceptors (Lipinski definition) is 5. The number of aromatic nitrogens is 1. The second kappa shape index (κ2) is 9.50. The maximum Gasteiger partial charge on any atom is 0.340 e. The molecule has 0 atom stereocenters. The lowest BCUT2D eigenvalue weighted by Gasteiger charge is -2.13. The molecule has 0 spiro atoms. The fraction of sp³-hybridized carbons (Fsp3) is 0.250. The molecule has 0 unspecified atom stereocenters. The number of carbonyl (C=O) groups excluding carboxylic acids is 2. The van der Waals surface area contributed by atoms with Gasteiger partial charge in [-0.25, -0.2) is 13.2 Å². The summed E-state index contributed by atoms with van der Waals surface area (Å²) in [5.74, 6) is -1.00. The number of H-pyrrole nitrogens is 1.